The van der Waals surface area contributed by atoms with Crippen molar-refractivity contribution in [1.29, 1.82) is 0 Å². The zero-order valence-corrected chi connectivity index (χ0v) is 15.1. The van der Waals surface area contributed by atoms with Crippen molar-refractivity contribution in [1.82, 2.24) is 20.3 Å². The monoisotopic (exact) mass is 388 g/mol. The molecule has 10 nitrogen and oxygen atoms in total. The van der Waals surface area contributed by atoms with Gasteiger partial charge in [0.15, 0.2) is 12.2 Å². The van der Waals surface area contributed by atoms with Crippen molar-refractivity contribution in [3.63, 3.8) is 0 Å². The Morgan fingerprint density at radius 3 is 2.57 bits per heavy atom. The van der Waals surface area contributed by atoms with Gasteiger partial charge in [-0.25, -0.2) is 5.43 Å². The van der Waals surface area contributed by atoms with E-state index in [9.17, 15) is 14.4 Å². The summed E-state index contributed by atoms with van der Waals surface area (Å²) in [6.07, 6.45) is 2.80. The quantitative estimate of drug-likeness (QED) is 0.454. The van der Waals surface area contributed by atoms with E-state index in [4.69, 9.17) is 14.3 Å². The average molecular weight is 388 g/mol. The van der Waals surface area contributed by atoms with Gasteiger partial charge in [-0.15, -0.1) is 0 Å². The van der Waals surface area contributed by atoms with Crippen LogP contribution in [0.25, 0.3) is 0 Å². The fourth-order valence-electron chi connectivity index (χ4n) is 2.74. The Bertz CT molecular complexity index is 826. The molecule has 2 atom stereocenters. The first kappa shape index (κ1) is 19.5. The molecular formula is C18H20N4O6. The number of nitrogens with one attached hydrogen (secondary N) is 1. The zero-order chi connectivity index (χ0) is 20.1. The summed E-state index contributed by atoms with van der Waals surface area (Å²) in [4.78, 5) is 41.7. The Hall–Kier alpha value is -3.24. The number of aromatic nitrogens is 1. The maximum atomic E-state index is 12.9. The predicted molar refractivity (Wildman–Crippen MR) is 94.3 cm³/mol. The third-order valence-electron chi connectivity index (χ3n) is 4.14. The SMILES string of the molecule is CNN(CC(=O)O)C(=O)C1OC1C(=O)N(Cc1cccnc1)Cc1ccco1. The summed E-state index contributed by atoms with van der Waals surface area (Å²) in [6, 6.07) is 7.07. The number of carbonyl (C=O) groups excluding carboxylic acids is 2. The first-order valence-corrected chi connectivity index (χ1v) is 8.55. The molecule has 1 saturated heterocycles. The summed E-state index contributed by atoms with van der Waals surface area (Å²) in [5.41, 5.74) is 3.31. The number of carboxylic acid groups (broad SMARTS) is 1. The second-order valence-corrected chi connectivity index (χ2v) is 6.15. The van der Waals surface area contributed by atoms with Crippen LogP contribution in [-0.2, 0) is 32.2 Å². The van der Waals surface area contributed by atoms with Crippen molar-refractivity contribution >= 4 is 17.8 Å². The number of epoxide rings is 1. The highest BCUT2D eigenvalue weighted by Crippen LogP contribution is 2.27. The number of hydrazine groups is 1. The van der Waals surface area contributed by atoms with Crippen LogP contribution in [-0.4, -0.2) is 63.6 Å². The van der Waals surface area contributed by atoms with Crippen molar-refractivity contribution in [2.24, 2.45) is 0 Å². The smallest absolute Gasteiger partial charge is 0.324 e. The van der Waals surface area contributed by atoms with Crippen LogP contribution in [0.1, 0.15) is 11.3 Å². The van der Waals surface area contributed by atoms with Gasteiger partial charge in [0.25, 0.3) is 11.8 Å². The molecule has 0 saturated carbocycles. The summed E-state index contributed by atoms with van der Waals surface area (Å²) in [7, 11) is 1.42. The van der Waals surface area contributed by atoms with Crippen LogP contribution in [0.5, 0.6) is 0 Å². The highest BCUT2D eigenvalue weighted by molar-refractivity contribution is 5.95. The van der Waals surface area contributed by atoms with Gasteiger partial charge in [0.2, 0.25) is 0 Å². The lowest BCUT2D eigenvalue weighted by molar-refractivity contribution is -0.147. The van der Waals surface area contributed by atoms with E-state index < -0.39 is 30.6 Å². The Labute approximate surface area is 160 Å². The first-order valence-electron chi connectivity index (χ1n) is 8.55. The normalized spacial score (nSPS) is 17.8. The summed E-state index contributed by atoms with van der Waals surface area (Å²) in [5, 5.41) is 9.77. The summed E-state index contributed by atoms with van der Waals surface area (Å²) >= 11 is 0. The average Bonchev–Trinajstić information content (AvgIpc) is 3.33. The molecule has 0 aliphatic carbocycles. The lowest BCUT2D eigenvalue weighted by Crippen LogP contribution is -2.47. The molecule has 10 heteroatoms. The van der Waals surface area contributed by atoms with Crippen molar-refractivity contribution < 1.29 is 28.6 Å². The molecule has 1 fully saturated rings. The van der Waals surface area contributed by atoms with E-state index in [1.165, 1.54) is 18.2 Å². The molecule has 1 aliphatic heterocycles. The first-order chi connectivity index (χ1) is 13.5. The standard InChI is InChI=1S/C18H20N4O6/c1-19-22(11-14(23)24)18(26)16-15(28-16)17(25)21(10-13-5-3-7-27-13)9-12-4-2-6-20-8-12/h2-8,15-16,19H,9-11H2,1H3,(H,23,24). The highest BCUT2D eigenvalue weighted by Gasteiger charge is 2.53. The van der Waals surface area contributed by atoms with Crippen LogP contribution in [0.15, 0.2) is 47.3 Å². The number of furan rings is 1. The van der Waals surface area contributed by atoms with E-state index in [0.29, 0.717) is 5.76 Å². The van der Waals surface area contributed by atoms with Crippen LogP contribution >= 0.6 is 0 Å². The molecule has 28 heavy (non-hydrogen) atoms. The largest absolute Gasteiger partial charge is 0.480 e. The van der Waals surface area contributed by atoms with Gasteiger partial charge < -0.3 is 19.2 Å². The summed E-state index contributed by atoms with van der Waals surface area (Å²) < 4.78 is 10.6. The second kappa shape index (κ2) is 8.63. The number of hydrogen-bond donors (Lipinski definition) is 2. The molecule has 148 valence electrons. The van der Waals surface area contributed by atoms with Crippen molar-refractivity contribution in [3.8, 4) is 0 Å². The van der Waals surface area contributed by atoms with Crippen LogP contribution in [0.3, 0.4) is 0 Å². The lowest BCUT2D eigenvalue weighted by atomic mass is 10.2. The molecule has 0 spiro atoms. The molecule has 0 radical (unpaired) electrons. The van der Waals surface area contributed by atoms with Crippen LogP contribution < -0.4 is 5.43 Å². The van der Waals surface area contributed by atoms with E-state index in [2.05, 4.69) is 10.4 Å². The van der Waals surface area contributed by atoms with Crippen molar-refractivity contribution in [2.45, 2.75) is 25.3 Å². The van der Waals surface area contributed by atoms with Gasteiger partial charge in [0, 0.05) is 26.0 Å². The van der Waals surface area contributed by atoms with Crippen molar-refractivity contribution in [2.75, 3.05) is 13.6 Å². The number of nitrogens with zero attached hydrogens (tertiary/aromatic N) is 3. The molecule has 1 aliphatic rings. The summed E-state index contributed by atoms with van der Waals surface area (Å²) in [6.45, 7) is -0.0761. The molecule has 2 N–H and O–H groups in total. The van der Waals surface area contributed by atoms with Gasteiger partial charge in [-0.1, -0.05) is 6.07 Å². The van der Waals surface area contributed by atoms with Crippen molar-refractivity contribution in [3.05, 3.63) is 54.2 Å². The van der Waals surface area contributed by atoms with Gasteiger partial charge in [-0.2, -0.15) is 0 Å². The predicted octanol–water partition coefficient (Wildman–Crippen LogP) is 0.0184. The number of carboxylic acids is 1. The molecule has 3 heterocycles. The third kappa shape index (κ3) is 4.72. The Morgan fingerprint density at radius 2 is 1.96 bits per heavy atom. The molecule has 3 rings (SSSR count). The minimum absolute atomic E-state index is 0.201. The van der Waals surface area contributed by atoms with E-state index in [1.807, 2.05) is 6.07 Å². The maximum Gasteiger partial charge on any atom is 0.324 e. The van der Waals surface area contributed by atoms with E-state index >= 15 is 0 Å². The molecule has 2 aromatic rings. The fourth-order valence-corrected chi connectivity index (χ4v) is 2.74. The molecular weight excluding hydrogens is 368 g/mol. The second-order valence-electron chi connectivity index (χ2n) is 6.15. The van der Waals surface area contributed by atoms with E-state index in [0.717, 1.165) is 10.6 Å². The van der Waals surface area contributed by atoms with E-state index in [1.54, 1.807) is 30.6 Å². The number of ether oxygens (including phenoxy) is 1. The zero-order valence-electron chi connectivity index (χ0n) is 15.1. The number of aliphatic carboxylic acids is 1. The lowest BCUT2D eigenvalue weighted by Gasteiger charge is -2.21. The molecule has 2 aromatic heterocycles. The Morgan fingerprint density at radius 1 is 1.18 bits per heavy atom. The molecule has 2 unspecified atom stereocenters. The summed E-state index contributed by atoms with van der Waals surface area (Å²) in [5.74, 6) is -1.58. The molecule has 2 amide bonds. The van der Waals surface area contributed by atoms with E-state index in [-0.39, 0.29) is 19.0 Å². The van der Waals surface area contributed by atoms with Crippen LogP contribution in [0.2, 0.25) is 0 Å². The third-order valence-corrected chi connectivity index (χ3v) is 4.14. The minimum Gasteiger partial charge on any atom is -0.480 e. The Balaban J connectivity index is 1.69. The van der Waals surface area contributed by atoms with Gasteiger partial charge in [-0.05, 0) is 23.8 Å². The van der Waals surface area contributed by atoms with Gasteiger partial charge in [0.1, 0.15) is 12.3 Å². The van der Waals surface area contributed by atoms with Gasteiger partial charge in [0.05, 0.1) is 12.8 Å². The Kier molecular flexibility index (Phi) is 6.02. The highest BCUT2D eigenvalue weighted by atomic mass is 16.6. The van der Waals surface area contributed by atoms with Crippen LogP contribution in [0.4, 0.5) is 0 Å². The number of hydrogen-bond acceptors (Lipinski definition) is 7. The fraction of sp³-hybridized carbons (Fsp3) is 0.333. The number of pyridine rings is 1. The molecule has 0 aromatic carbocycles. The number of amides is 2. The topological polar surface area (TPSA) is 129 Å². The maximum absolute atomic E-state index is 12.9. The number of carbonyl (C=O) groups is 3. The minimum atomic E-state index is -1.18. The van der Waals surface area contributed by atoms with Gasteiger partial charge >= 0.3 is 5.97 Å². The number of rotatable bonds is 9. The van der Waals surface area contributed by atoms with Gasteiger partial charge in [-0.3, -0.25) is 24.4 Å². The van der Waals surface area contributed by atoms with Crippen LogP contribution in [0, 0.1) is 0 Å². The molecule has 0 bridgehead atoms.